The zero-order valence-electron chi connectivity index (χ0n) is 11.7. The zero-order chi connectivity index (χ0) is 14.1. The lowest BCUT2D eigenvalue weighted by atomic mass is 10.2. The Labute approximate surface area is 118 Å². The van der Waals surface area contributed by atoms with Gasteiger partial charge in [0.25, 0.3) is 0 Å². The molecule has 3 aromatic rings. The molecule has 0 amide bonds. The molecule has 2 N–H and O–H groups in total. The van der Waals surface area contributed by atoms with Crippen LogP contribution in [0.2, 0.25) is 0 Å². The highest BCUT2D eigenvalue weighted by Crippen LogP contribution is 2.28. The second kappa shape index (κ2) is 5.06. The summed E-state index contributed by atoms with van der Waals surface area (Å²) in [5, 5.41) is 0. The predicted octanol–water partition coefficient (Wildman–Crippen LogP) is 3.14. The first-order valence-electron chi connectivity index (χ1n) is 6.83. The average Bonchev–Trinajstić information content (AvgIpc) is 2.87. The van der Waals surface area contributed by atoms with Crippen LogP contribution in [-0.2, 0) is 6.54 Å². The van der Waals surface area contributed by atoms with Gasteiger partial charge in [-0.2, -0.15) is 0 Å². The van der Waals surface area contributed by atoms with Gasteiger partial charge in [-0.1, -0.05) is 12.1 Å². The summed E-state index contributed by atoms with van der Waals surface area (Å²) in [4.78, 5) is 9.02. The second-order valence-electron chi connectivity index (χ2n) is 5.13. The fourth-order valence-corrected chi connectivity index (χ4v) is 2.50. The van der Waals surface area contributed by atoms with E-state index in [1.165, 1.54) is 0 Å². The number of benzene rings is 1. The summed E-state index contributed by atoms with van der Waals surface area (Å²) in [5.41, 5.74) is 9.79. The molecular weight excluding hydrogens is 248 g/mol. The lowest BCUT2D eigenvalue weighted by Gasteiger charge is -2.13. The number of hydrogen-bond acceptors (Lipinski definition) is 3. The Kier molecular flexibility index (Phi) is 3.24. The van der Waals surface area contributed by atoms with Gasteiger partial charge in [-0.15, -0.1) is 0 Å². The molecule has 0 aliphatic carbocycles. The fraction of sp³-hybridized carbons (Fsp3) is 0.250. The molecule has 0 aliphatic heterocycles. The average molecular weight is 266 g/mol. The van der Waals surface area contributed by atoms with Gasteiger partial charge in [0.15, 0.2) is 0 Å². The predicted molar refractivity (Wildman–Crippen MR) is 81.2 cm³/mol. The van der Waals surface area contributed by atoms with E-state index in [2.05, 4.69) is 29.5 Å². The minimum absolute atomic E-state index is 0.340. The molecule has 2 aromatic heterocycles. The number of rotatable bonds is 3. The lowest BCUT2D eigenvalue weighted by molar-refractivity contribution is 0.624. The van der Waals surface area contributed by atoms with Crippen LogP contribution in [0.15, 0.2) is 42.6 Å². The minimum atomic E-state index is 0.340. The number of imidazole rings is 1. The van der Waals surface area contributed by atoms with Gasteiger partial charge in [0.05, 0.1) is 16.7 Å². The van der Waals surface area contributed by atoms with E-state index in [0.717, 1.165) is 28.1 Å². The molecule has 0 spiro atoms. The Bertz CT molecular complexity index is 743. The van der Waals surface area contributed by atoms with E-state index >= 15 is 0 Å². The maximum atomic E-state index is 5.68. The highest BCUT2D eigenvalue weighted by Gasteiger charge is 2.14. The second-order valence-corrected chi connectivity index (χ2v) is 5.13. The van der Waals surface area contributed by atoms with E-state index in [-0.39, 0.29) is 0 Å². The normalized spacial score (nSPS) is 11.4. The van der Waals surface area contributed by atoms with Crippen molar-refractivity contribution in [1.82, 2.24) is 14.5 Å². The summed E-state index contributed by atoms with van der Waals surface area (Å²) in [6, 6.07) is 12.6. The zero-order valence-corrected chi connectivity index (χ0v) is 11.7. The molecule has 0 bridgehead atoms. The first kappa shape index (κ1) is 12.8. The van der Waals surface area contributed by atoms with Gasteiger partial charge >= 0.3 is 0 Å². The molecule has 0 aliphatic rings. The van der Waals surface area contributed by atoms with Crippen molar-refractivity contribution in [2.45, 2.75) is 26.4 Å². The molecule has 0 saturated carbocycles. The smallest absolute Gasteiger partial charge is 0.141 e. The third kappa shape index (κ3) is 2.08. The van der Waals surface area contributed by atoms with Crippen LogP contribution < -0.4 is 5.73 Å². The van der Waals surface area contributed by atoms with Crippen molar-refractivity contribution in [3.8, 4) is 11.4 Å². The van der Waals surface area contributed by atoms with Crippen molar-refractivity contribution in [3.63, 3.8) is 0 Å². The highest BCUT2D eigenvalue weighted by atomic mass is 15.1. The summed E-state index contributed by atoms with van der Waals surface area (Å²) < 4.78 is 2.25. The monoisotopic (exact) mass is 266 g/mol. The van der Waals surface area contributed by atoms with E-state index in [1.54, 1.807) is 6.20 Å². The number of hydrogen-bond donors (Lipinski definition) is 1. The quantitative estimate of drug-likeness (QED) is 0.792. The van der Waals surface area contributed by atoms with Crippen LogP contribution in [0.5, 0.6) is 0 Å². The molecule has 0 radical (unpaired) electrons. The summed E-state index contributed by atoms with van der Waals surface area (Å²) in [6.45, 7) is 4.78. The molecule has 20 heavy (non-hydrogen) atoms. The van der Waals surface area contributed by atoms with Gasteiger partial charge in [0.2, 0.25) is 0 Å². The molecule has 4 nitrogen and oxygen atoms in total. The Balaban J connectivity index is 2.26. The van der Waals surface area contributed by atoms with Crippen molar-refractivity contribution in [1.29, 1.82) is 0 Å². The molecule has 3 rings (SSSR count). The molecule has 0 unspecified atom stereocenters. The molecule has 0 saturated heterocycles. The maximum Gasteiger partial charge on any atom is 0.141 e. The fourth-order valence-electron chi connectivity index (χ4n) is 2.50. The van der Waals surface area contributed by atoms with Crippen molar-refractivity contribution in [2.24, 2.45) is 5.73 Å². The van der Waals surface area contributed by atoms with Crippen LogP contribution in [0.3, 0.4) is 0 Å². The standard InChI is InChI=1S/C16H18N4/c1-11(2)20-15-6-4-3-5-14(15)19-16(20)12-7-8-18-13(9-12)10-17/h3-9,11H,10,17H2,1-2H3. The van der Waals surface area contributed by atoms with Gasteiger partial charge in [0.1, 0.15) is 5.82 Å². The Morgan fingerprint density at radius 2 is 2.00 bits per heavy atom. The number of fused-ring (bicyclic) bond motifs is 1. The molecule has 102 valence electrons. The number of aromatic nitrogens is 3. The number of pyridine rings is 1. The Morgan fingerprint density at radius 1 is 1.20 bits per heavy atom. The topological polar surface area (TPSA) is 56.7 Å². The molecule has 0 atom stereocenters. The van der Waals surface area contributed by atoms with E-state index in [9.17, 15) is 0 Å². The van der Waals surface area contributed by atoms with Gasteiger partial charge in [-0.3, -0.25) is 4.98 Å². The van der Waals surface area contributed by atoms with Crippen LogP contribution >= 0.6 is 0 Å². The van der Waals surface area contributed by atoms with Gasteiger partial charge in [0, 0.05) is 24.3 Å². The van der Waals surface area contributed by atoms with Crippen LogP contribution in [-0.4, -0.2) is 14.5 Å². The van der Waals surface area contributed by atoms with Gasteiger partial charge in [-0.25, -0.2) is 4.98 Å². The van der Waals surface area contributed by atoms with E-state index < -0.39 is 0 Å². The SMILES string of the molecule is CC(C)n1c(-c2ccnc(CN)c2)nc2ccccc21. The summed E-state index contributed by atoms with van der Waals surface area (Å²) in [7, 11) is 0. The minimum Gasteiger partial charge on any atom is -0.325 e. The molecule has 2 heterocycles. The summed E-state index contributed by atoms with van der Waals surface area (Å²) >= 11 is 0. The Morgan fingerprint density at radius 3 is 2.75 bits per heavy atom. The highest BCUT2D eigenvalue weighted by molar-refractivity contribution is 5.80. The van der Waals surface area contributed by atoms with E-state index in [0.29, 0.717) is 12.6 Å². The van der Waals surface area contributed by atoms with Crippen molar-refractivity contribution in [3.05, 3.63) is 48.3 Å². The first-order chi connectivity index (χ1) is 9.70. The van der Waals surface area contributed by atoms with Gasteiger partial charge in [-0.05, 0) is 38.1 Å². The van der Waals surface area contributed by atoms with Crippen LogP contribution in [0.25, 0.3) is 22.4 Å². The maximum absolute atomic E-state index is 5.68. The van der Waals surface area contributed by atoms with Crippen molar-refractivity contribution in [2.75, 3.05) is 0 Å². The van der Waals surface area contributed by atoms with Gasteiger partial charge < -0.3 is 10.3 Å². The summed E-state index contributed by atoms with van der Waals surface area (Å²) in [6.07, 6.45) is 1.79. The number of nitrogens with two attached hydrogens (primary N) is 1. The molecule has 1 aromatic carbocycles. The third-order valence-corrected chi connectivity index (χ3v) is 3.40. The molecular formula is C16H18N4. The number of para-hydroxylation sites is 2. The van der Waals surface area contributed by atoms with E-state index in [4.69, 9.17) is 10.7 Å². The lowest BCUT2D eigenvalue weighted by Crippen LogP contribution is -2.04. The van der Waals surface area contributed by atoms with E-state index in [1.807, 2.05) is 30.3 Å². The van der Waals surface area contributed by atoms with Crippen molar-refractivity contribution < 1.29 is 0 Å². The first-order valence-corrected chi connectivity index (χ1v) is 6.83. The van der Waals surface area contributed by atoms with Crippen molar-refractivity contribution >= 4 is 11.0 Å². The Hall–Kier alpha value is -2.20. The van der Waals surface area contributed by atoms with Crippen LogP contribution in [0.1, 0.15) is 25.6 Å². The van der Waals surface area contributed by atoms with Crippen LogP contribution in [0.4, 0.5) is 0 Å². The summed E-state index contributed by atoms with van der Waals surface area (Å²) in [5.74, 6) is 0.971. The largest absolute Gasteiger partial charge is 0.325 e. The third-order valence-electron chi connectivity index (χ3n) is 3.40. The molecule has 0 fully saturated rings. The number of nitrogens with zero attached hydrogens (tertiary/aromatic N) is 3. The molecule has 4 heteroatoms. The van der Waals surface area contributed by atoms with Crippen LogP contribution in [0, 0.1) is 0 Å².